The third kappa shape index (κ3) is 5.38. The number of carbonyl (C=O) groups excluding carboxylic acids is 1. The maximum atomic E-state index is 12.8. The fraction of sp³-hybridized carbons (Fsp3) is 0.588. The molecule has 1 N–H and O–H groups in total. The Bertz CT molecular complexity index is 543. The maximum absolute atomic E-state index is 12.8. The lowest BCUT2D eigenvalue weighted by atomic mass is 9.94. The molecule has 1 fully saturated rings. The van der Waals surface area contributed by atoms with Crippen molar-refractivity contribution in [2.24, 2.45) is 0 Å². The van der Waals surface area contributed by atoms with E-state index in [4.69, 9.17) is 0 Å². The average molecular weight is 365 g/mol. The van der Waals surface area contributed by atoms with Gasteiger partial charge in [-0.25, -0.2) is 0 Å². The molecule has 2 rings (SSSR count). The molecule has 0 bridgehead atoms. The van der Waals surface area contributed by atoms with Crippen LogP contribution in [-0.2, 0) is 11.0 Å². The Balaban J connectivity index is 0.00000288. The molecule has 1 heterocycles. The molecule has 1 unspecified atom stereocenters. The first-order chi connectivity index (χ1) is 10.8. The van der Waals surface area contributed by atoms with Crippen LogP contribution in [-0.4, -0.2) is 37.0 Å². The molecule has 1 aliphatic rings. The van der Waals surface area contributed by atoms with Gasteiger partial charge in [0.25, 0.3) is 0 Å². The van der Waals surface area contributed by atoms with Crippen molar-refractivity contribution in [3.63, 3.8) is 0 Å². The number of carbonyl (C=O) groups is 1. The first kappa shape index (κ1) is 20.8. The lowest BCUT2D eigenvalue weighted by Gasteiger charge is -2.32. The monoisotopic (exact) mass is 364 g/mol. The van der Waals surface area contributed by atoms with Crippen LogP contribution in [0.2, 0.25) is 0 Å². The highest BCUT2D eigenvalue weighted by molar-refractivity contribution is 5.85. The van der Waals surface area contributed by atoms with E-state index in [1.165, 1.54) is 6.07 Å². The molecule has 1 atom stereocenters. The van der Waals surface area contributed by atoms with Crippen molar-refractivity contribution >= 4 is 18.3 Å². The van der Waals surface area contributed by atoms with Crippen molar-refractivity contribution in [2.75, 3.05) is 20.1 Å². The lowest BCUT2D eigenvalue weighted by molar-refractivity contribution is -0.137. The first-order valence-corrected chi connectivity index (χ1v) is 7.93. The number of halogens is 4. The standard InChI is InChI=1S/C17H23F3N2O.ClH/c1-12(13-4-3-5-14(11-13)17(18,19)20)10-16(23)22-8-6-15(21-2)7-9-22;/h3-5,11-12,15,21H,6-10H2,1-2H3;1H. The SMILES string of the molecule is CNC1CCN(C(=O)CC(C)c2cccc(C(F)(F)F)c2)CC1.Cl. The summed E-state index contributed by atoms with van der Waals surface area (Å²) in [6, 6.07) is 5.70. The molecule has 136 valence electrons. The molecule has 0 aliphatic carbocycles. The fourth-order valence-corrected chi connectivity index (χ4v) is 2.95. The van der Waals surface area contributed by atoms with Gasteiger partial charge in [0.15, 0.2) is 0 Å². The highest BCUT2D eigenvalue weighted by Gasteiger charge is 2.31. The van der Waals surface area contributed by atoms with Gasteiger partial charge in [-0.15, -0.1) is 12.4 Å². The zero-order valence-electron chi connectivity index (χ0n) is 13.9. The summed E-state index contributed by atoms with van der Waals surface area (Å²) in [5.41, 5.74) is -0.109. The minimum atomic E-state index is -4.35. The summed E-state index contributed by atoms with van der Waals surface area (Å²) in [7, 11) is 1.91. The van der Waals surface area contributed by atoms with Gasteiger partial charge in [0, 0.05) is 25.6 Å². The summed E-state index contributed by atoms with van der Waals surface area (Å²) in [5, 5.41) is 3.21. The van der Waals surface area contributed by atoms with E-state index >= 15 is 0 Å². The molecule has 1 amide bonds. The number of likely N-dealkylation sites (tertiary alicyclic amines) is 1. The third-order valence-corrected chi connectivity index (χ3v) is 4.52. The summed E-state index contributed by atoms with van der Waals surface area (Å²) in [4.78, 5) is 14.2. The van der Waals surface area contributed by atoms with Crippen LogP contribution in [0.15, 0.2) is 24.3 Å². The number of amides is 1. The molecule has 24 heavy (non-hydrogen) atoms. The third-order valence-electron chi connectivity index (χ3n) is 4.52. The molecule has 7 heteroatoms. The van der Waals surface area contributed by atoms with Gasteiger partial charge in [-0.05, 0) is 37.4 Å². The second-order valence-corrected chi connectivity index (χ2v) is 6.17. The molecule has 1 aromatic rings. The van der Waals surface area contributed by atoms with Gasteiger partial charge >= 0.3 is 6.18 Å². The van der Waals surface area contributed by atoms with Gasteiger partial charge in [-0.2, -0.15) is 13.2 Å². The fourth-order valence-electron chi connectivity index (χ4n) is 2.95. The molecule has 0 saturated carbocycles. The van der Waals surface area contributed by atoms with Crippen molar-refractivity contribution < 1.29 is 18.0 Å². The quantitative estimate of drug-likeness (QED) is 0.880. The average Bonchev–Trinajstić information content (AvgIpc) is 2.54. The summed E-state index contributed by atoms with van der Waals surface area (Å²) < 4.78 is 38.3. The molecule has 1 saturated heterocycles. The number of hydrogen-bond acceptors (Lipinski definition) is 2. The van der Waals surface area contributed by atoms with E-state index in [-0.39, 0.29) is 30.7 Å². The molecule has 0 spiro atoms. The van der Waals surface area contributed by atoms with Crippen LogP contribution >= 0.6 is 12.4 Å². The molecule has 0 radical (unpaired) electrons. The Morgan fingerprint density at radius 1 is 1.33 bits per heavy atom. The van der Waals surface area contributed by atoms with Crippen molar-refractivity contribution in [3.05, 3.63) is 35.4 Å². The smallest absolute Gasteiger partial charge is 0.343 e. The van der Waals surface area contributed by atoms with Gasteiger partial charge in [0.1, 0.15) is 0 Å². The maximum Gasteiger partial charge on any atom is 0.416 e. The normalized spacial score (nSPS) is 17.3. The number of hydrogen-bond donors (Lipinski definition) is 1. The number of nitrogens with one attached hydrogen (secondary N) is 1. The Labute approximate surface area is 147 Å². The minimum absolute atomic E-state index is 0. The van der Waals surface area contributed by atoms with Crippen molar-refractivity contribution in [2.45, 2.75) is 44.3 Å². The van der Waals surface area contributed by atoms with Gasteiger partial charge in [-0.1, -0.05) is 25.1 Å². The van der Waals surface area contributed by atoms with E-state index in [1.54, 1.807) is 13.0 Å². The molecule has 0 aromatic heterocycles. The molecule has 1 aromatic carbocycles. The first-order valence-electron chi connectivity index (χ1n) is 7.93. The second kappa shape index (κ2) is 8.72. The van der Waals surface area contributed by atoms with Crippen LogP contribution in [0.1, 0.15) is 43.2 Å². The van der Waals surface area contributed by atoms with Crippen molar-refractivity contribution in [1.82, 2.24) is 10.2 Å². The number of benzene rings is 1. The zero-order chi connectivity index (χ0) is 17.0. The Hall–Kier alpha value is -1.27. The molecule has 3 nitrogen and oxygen atoms in total. The van der Waals surface area contributed by atoms with Gasteiger partial charge in [0.05, 0.1) is 5.56 Å². The zero-order valence-corrected chi connectivity index (χ0v) is 14.7. The number of piperidine rings is 1. The van der Waals surface area contributed by atoms with E-state index in [0.29, 0.717) is 24.7 Å². The van der Waals surface area contributed by atoms with Crippen LogP contribution in [0.5, 0.6) is 0 Å². The second-order valence-electron chi connectivity index (χ2n) is 6.17. The Morgan fingerprint density at radius 2 is 1.96 bits per heavy atom. The van der Waals surface area contributed by atoms with Crippen molar-refractivity contribution in [1.29, 1.82) is 0 Å². The van der Waals surface area contributed by atoms with E-state index in [0.717, 1.165) is 25.0 Å². The van der Waals surface area contributed by atoms with Gasteiger partial charge < -0.3 is 10.2 Å². The topological polar surface area (TPSA) is 32.3 Å². The highest BCUT2D eigenvalue weighted by Crippen LogP contribution is 2.32. The van der Waals surface area contributed by atoms with Crippen molar-refractivity contribution in [3.8, 4) is 0 Å². The predicted molar refractivity (Wildman–Crippen MR) is 90.4 cm³/mol. The molecular weight excluding hydrogens is 341 g/mol. The van der Waals surface area contributed by atoms with E-state index < -0.39 is 11.7 Å². The number of alkyl halides is 3. The van der Waals surface area contributed by atoms with E-state index in [2.05, 4.69) is 5.32 Å². The largest absolute Gasteiger partial charge is 0.416 e. The molecule has 1 aliphatic heterocycles. The summed E-state index contributed by atoms with van der Waals surface area (Å²) in [6.45, 7) is 3.22. The Morgan fingerprint density at radius 3 is 2.50 bits per heavy atom. The van der Waals surface area contributed by atoms with Gasteiger partial charge in [0.2, 0.25) is 5.91 Å². The van der Waals surface area contributed by atoms with Crippen LogP contribution in [0.4, 0.5) is 13.2 Å². The van der Waals surface area contributed by atoms with Gasteiger partial charge in [-0.3, -0.25) is 4.79 Å². The Kier molecular flexibility index (Phi) is 7.55. The van der Waals surface area contributed by atoms with Crippen LogP contribution in [0.25, 0.3) is 0 Å². The predicted octanol–water partition coefficient (Wildman–Crippen LogP) is 3.83. The highest BCUT2D eigenvalue weighted by atomic mass is 35.5. The number of rotatable bonds is 4. The number of nitrogens with zero attached hydrogens (tertiary/aromatic N) is 1. The van der Waals surface area contributed by atoms with Crippen LogP contribution < -0.4 is 5.32 Å². The van der Waals surface area contributed by atoms with Crippen LogP contribution in [0.3, 0.4) is 0 Å². The minimum Gasteiger partial charge on any atom is -0.343 e. The summed E-state index contributed by atoms with van der Waals surface area (Å²) in [5.74, 6) is -0.212. The lowest BCUT2D eigenvalue weighted by Crippen LogP contribution is -2.44. The summed E-state index contributed by atoms with van der Waals surface area (Å²) in [6.07, 6.45) is -2.28. The van der Waals surface area contributed by atoms with E-state index in [1.807, 2.05) is 11.9 Å². The van der Waals surface area contributed by atoms with E-state index in [9.17, 15) is 18.0 Å². The van der Waals surface area contributed by atoms with Crippen LogP contribution in [0, 0.1) is 0 Å². The summed E-state index contributed by atoms with van der Waals surface area (Å²) >= 11 is 0. The molecular formula is C17H24ClF3N2O.